The molecule has 1 saturated heterocycles. The van der Waals surface area contributed by atoms with Crippen molar-refractivity contribution in [2.75, 3.05) is 19.3 Å². The van der Waals surface area contributed by atoms with Crippen molar-refractivity contribution in [3.05, 3.63) is 47.9 Å². The summed E-state index contributed by atoms with van der Waals surface area (Å²) in [7, 11) is -3.20. The van der Waals surface area contributed by atoms with Gasteiger partial charge in [-0.3, -0.25) is 4.98 Å². The van der Waals surface area contributed by atoms with Crippen LogP contribution in [0, 0.1) is 6.92 Å². The molecule has 1 aliphatic heterocycles. The lowest BCUT2D eigenvalue weighted by atomic mass is 9.96. The van der Waals surface area contributed by atoms with Crippen molar-refractivity contribution in [1.29, 1.82) is 0 Å². The predicted molar refractivity (Wildman–Crippen MR) is 91.7 cm³/mol. The van der Waals surface area contributed by atoms with Gasteiger partial charge in [-0.2, -0.15) is 0 Å². The fourth-order valence-corrected chi connectivity index (χ4v) is 3.86. The molecule has 128 valence electrons. The van der Waals surface area contributed by atoms with E-state index in [9.17, 15) is 8.42 Å². The first-order chi connectivity index (χ1) is 11.4. The fraction of sp³-hybridized carbons (Fsp3) is 0.412. The first-order valence-electron chi connectivity index (χ1n) is 7.94. The van der Waals surface area contributed by atoms with Crippen LogP contribution in [0.15, 0.2) is 36.7 Å². The van der Waals surface area contributed by atoms with Crippen LogP contribution < -0.4 is 4.74 Å². The van der Waals surface area contributed by atoms with E-state index >= 15 is 0 Å². The van der Waals surface area contributed by atoms with Crippen LogP contribution in [0.2, 0.25) is 0 Å². The van der Waals surface area contributed by atoms with Crippen molar-refractivity contribution < 1.29 is 13.2 Å². The number of hydrogen-bond acceptors (Lipinski definition) is 5. The molecule has 0 radical (unpaired) electrons. The van der Waals surface area contributed by atoms with E-state index in [2.05, 4.69) is 9.97 Å². The van der Waals surface area contributed by atoms with Crippen molar-refractivity contribution in [2.45, 2.75) is 25.7 Å². The summed E-state index contributed by atoms with van der Waals surface area (Å²) in [5.74, 6) is 1.14. The normalized spacial score (nSPS) is 19.2. The average Bonchev–Trinajstić information content (AvgIpc) is 2.55. The Balaban J connectivity index is 1.86. The summed E-state index contributed by atoms with van der Waals surface area (Å²) in [5, 5.41) is 0. The Kier molecular flexibility index (Phi) is 4.82. The number of piperidine rings is 1. The third-order valence-corrected chi connectivity index (χ3v) is 5.40. The van der Waals surface area contributed by atoms with E-state index in [0.29, 0.717) is 30.4 Å². The second kappa shape index (κ2) is 6.86. The topological polar surface area (TPSA) is 72.4 Å². The molecule has 1 fully saturated rings. The zero-order valence-electron chi connectivity index (χ0n) is 13.8. The lowest BCUT2D eigenvalue weighted by molar-refractivity contribution is 0.308. The molecule has 6 nitrogen and oxygen atoms in total. The average molecular weight is 347 g/mol. The van der Waals surface area contributed by atoms with Crippen LogP contribution in [0.1, 0.15) is 30.0 Å². The van der Waals surface area contributed by atoms with Gasteiger partial charge in [0, 0.05) is 31.4 Å². The molecule has 2 aromatic rings. The SMILES string of the molecule is Cc1cccc(Oc2nccnc2C2CCCN(S(C)(=O)=O)C2)c1. The number of nitrogens with zero attached hydrogens (tertiary/aromatic N) is 3. The van der Waals surface area contributed by atoms with E-state index in [0.717, 1.165) is 18.4 Å². The summed E-state index contributed by atoms with van der Waals surface area (Å²) < 4.78 is 31.1. The highest BCUT2D eigenvalue weighted by atomic mass is 32.2. The molecular formula is C17H21N3O3S. The molecule has 7 heteroatoms. The Labute approximate surface area is 142 Å². The van der Waals surface area contributed by atoms with Gasteiger partial charge in [-0.15, -0.1) is 0 Å². The van der Waals surface area contributed by atoms with Crippen LogP contribution in [-0.2, 0) is 10.0 Å². The van der Waals surface area contributed by atoms with Crippen molar-refractivity contribution in [3.8, 4) is 11.6 Å². The maximum atomic E-state index is 11.8. The highest BCUT2D eigenvalue weighted by Crippen LogP contribution is 2.33. The summed E-state index contributed by atoms with van der Waals surface area (Å²) in [6.07, 6.45) is 6.13. The van der Waals surface area contributed by atoms with Gasteiger partial charge in [0.25, 0.3) is 0 Å². The minimum atomic E-state index is -3.20. The second-order valence-electron chi connectivity index (χ2n) is 6.13. The van der Waals surface area contributed by atoms with E-state index in [-0.39, 0.29) is 5.92 Å². The lowest BCUT2D eigenvalue weighted by Crippen LogP contribution is -2.38. The predicted octanol–water partition coefficient (Wildman–Crippen LogP) is 2.72. The van der Waals surface area contributed by atoms with Gasteiger partial charge >= 0.3 is 0 Å². The molecule has 2 heterocycles. The van der Waals surface area contributed by atoms with E-state index in [4.69, 9.17) is 4.74 Å². The first-order valence-corrected chi connectivity index (χ1v) is 9.79. The smallest absolute Gasteiger partial charge is 0.241 e. The fourth-order valence-electron chi connectivity index (χ4n) is 2.95. The molecule has 1 aliphatic rings. The van der Waals surface area contributed by atoms with Crippen molar-refractivity contribution in [1.82, 2.24) is 14.3 Å². The number of hydrogen-bond donors (Lipinski definition) is 0. The summed E-state index contributed by atoms with van der Waals surface area (Å²) in [4.78, 5) is 8.74. The standard InChI is InChI=1S/C17H21N3O3S/c1-13-5-3-7-15(11-13)23-17-16(18-8-9-19-17)14-6-4-10-20(12-14)24(2,21)22/h3,5,7-9,11,14H,4,6,10,12H2,1-2H3. The molecular weight excluding hydrogens is 326 g/mol. The quantitative estimate of drug-likeness (QED) is 0.850. The molecule has 0 saturated carbocycles. The van der Waals surface area contributed by atoms with Crippen molar-refractivity contribution in [2.24, 2.45) is 0 Å². The third kappa shape index (κ3) is 3.91. The molecule has 1 aromatic carbocycles. The van der Waals surface area contributed by atoms with Crippen LogP contribution >= 0.6 is 0 Å². The van der Waals surface area contributed by atoms with Gasteiger partial charge in [0.05, 0.1) is 6.26 Å². The van der Waals surface area contributed by atoms with Crippen LogP contribution in [-0.4, -0.2) is 42.0 Å². The Morgan fingerprint density at radius 3 is 2.79 bits per heavy atom. The highest BCUT2D eigenvalue weighted by molar-refractivity contribution is 7.88. The van der Waals surface area contributed by atoms with E-state index in [1.165, 1.54) is 10.6 Å². The molecule has 3 rings (SSSR count). The van der Waals surface area contributed by atoms with Gasteiger partial charge < -0.3 is 4.74 Å². The number of ether oxygens (including phenoxy) is 1. The van der Waals surface area contributed by atoms with Gasteiger partial charge in [0.15, 0.2) is 0 Å². The lowest BCUT2D eigenvalue weighted by Gasteiger charge is -2.30. The Morgan fingerprint density at radius 1 is 1.25 bits per heavy atom. The zero-order chi connectivity index (χ0) is 17.2. The van der Waals surface area contributed by atoms with Crippen LogP contribution in [0.25, 0.3) is 0 Å². The highest BCUT2D eigenvalue weighted by Gasteiger charge is 2.30. The number of benzene rings is 1. The third-order valence-electron chi connectivity index (χ3n) is 4.14. The van der Waals surface area contributed by atoms with Crippen LogP contribution in [0.5, 0.6) is 11.6 Å². The Morgan fingerprint density at radius 2 is 2.04 bits per heavy atom. The molecule has 1 aromatic heterocycles. The van der Waals surface area contributed by atoms with E-state index in [1.54, 1.807) is 12.4 Å². The number of sulfonamides is 1. The molecule has 0 aliphatic carbocycles. The van der Waals surface area contributed by atoms with Gasteiger partial charge in [-0.25, -0.2) is 17.7 Å². The Bertz CT molecular complexity index is 823. The maximum Gasteiger partial charge on any atom is 0.241 e. The minimum Gasteiger partial charge on any atom is -0.437 e. The van der Waals surface area contributed by atoms with Crippen LogP contribution in [0.3, 0.4) is 0 Å². The van der Waals surface area contributed by atoms with Crippen LogP contribution in [0.4, 0.5) is 0 Å². The van der Waals surface area contributed by atoms with Crippen molar-refractivity contribution in [3.63, 3.8) is 0 Å². The molecule has 0 N–H and O–H groups in total. The Hall–Kier alpha value is -1.99. The molecule has 0 amide bonds. The zero-order valence-corrected chi connectivity index (χ0v) is 14.7. The van der Waals surface area contributed by atoms with Gasteiger partial charge in [0.2, 0.25) is 15.9 Å². The summed E-state index contributed by atoms with van der Waals surface area (Å²) >= 11 is 0. The van der Waals surface area contributed by atoms with E-state index in [1.807, 2.05) is 31.2 Å². The van der Waals surface area contributed by atoms with Gasteiger partial charge in [0.1, 0.15) is 11.4 Å². The minimum absolute atomic E-state index is 0.0121. The molecule has 1 unspecified atom stereocenters. The summed E-state index contributed by atoms with van der Waals surface area (Å²) in [6.45, 7) is 2.97. The monoisotopic (exact) mass is 347 g/mol. The number of rotatable bonds is 4. The second-order valence-corrected chi connectivity index (χ2v) is 8.11. The van der Waals surface area contributed by atoms with Gasteiger partial charge in [-0.1, -0.05) is 12.1 Å². The largest absolute Gasteiger partial charge is 0.437 e. The maximum absolute atomic E-state index is 11.8. The molecule has 0 spiro atoms. The molecule has 0 bridgehead atoms. The number of aryl methyl sites for hydroxylation is 1. The van der Waals surface area contributed by atoms with E-state index < -0.39 is 10.0 Å². The summed E-state index contributed by atoms with van der Waals surface area (Å²) in [6, 6.07) is 7.72. The summed E-state index contributed by atoms with van der Waals surface area (Å²) in [5.41, 5.74) is 1.81. The molecule has 24 heavy (non-hydrogen) atoms. The van der Waals surface area contributed by atoms with Gasteiger partial charge in [-0.05, 0) is 37.5 Å². The molecule has 1 atom stereocenters. The number of aromatic nitrogens is 2. The first kappa shape index (κ1) is 16.9. The van der Waals surface area contributed by atoms with Crippen molar-refractivity contribution >= 4 is 10.0 Å².